The number of carbonyl (C=O) groups is 1. The van der Waals surface area contributed by atoms with Gasteiger partial charge in [0.1, 0.15) is 11.9 Å². The van der Waals surface area contributed by atoms with Crippen LogP contribution in [0.4, 0.5) is 0 Å². The number of ether oxygens (including phenoxy) is 2. The Labute approximate surface area is 105 Å². The van der Waals surface area contributed by atoms with E-state index in [1.807, 2.05) is 0 Å². The highest BCUT2D eigenvalue weighted by molar-refractivity contribution is 6.33. The number of esters is 1. The lowest BCUT2D eigenvalue weighted by molar-refractivity contribution is 0.0600. The van der Waals surface area contributed by atoms with E-state index in [9.17, 15) is 4.79 Å². The van der Waals surface area contributed by atoms with Crippen molar-refractivity contribution in [2.75, 3.05) is 20.2 Å². The molecule has 1 atom stereocenters. The monoisotopic (exact) mass is 255 g/mol. The molecular weight excluding hydrogens is 242 g/mol. The largest absolute Gasteiger partial charge is 0.489 e. The molecule has 1 aromatic carbocycles. The van der Waals surface area contributed by atoms with Gasteiger partial charge in [0.25, 0.3) is 0 Å². The Bertz CT molecular complexity index is 416. The maximum atomic E-state index is 11.4. The average Bonchev–Trinajstić information content (AvgIpc) is 2.83. The van der Waals surface area contributed by atoms with Crippen LogP contribution in [0.5, 0.6) is 5.75 Å². The molecule has 0 bridgehead atoms. The van der Waals surface area contributed by atoms with E-state index in [0.29, 0.717) is 16.3 Å². The molecule has 0 aromatic heterocycles. The quantitative estimate of drug-likeness (QED) is 0.838. The van der Waals surface area contributed by atoms with Crippen molar-refractivity contribution in [3.8, 4) is 5.75 Å². The topological polar surface area (TPSA) is 47.6 Å². The molecule has 1 fully saturated rings. The summed E-state index contributed by atoms with van der Waals surface area (Å²) in [5.41, 5.74) is 0.331. The molecule has 4 nitrogen and oxygen atoms in total. The smallest absolute Gasteiger partial charge is 0.339 e. The van der Waals surface area contributed by atoms with Gasteiger partial charge in [0, 0.05) is 6.54 Å². The number of carbonyl (C=O) groups excluding carboxylic acids is 1. The first kappa shape index (κ1) is 12.2. The van der Waals surface area contributed by atoms with Crippen molar-refractivity contribution in [1.29, 1.82) is 0 Å². The molecule has 0 saturated carbocycles. The zero-order valence-electron chi connectivity index (χ0n) is 9.53. The minimum atomic E-state index is -0.454. The molecule has 92 valence electrons. The average molecular weight is 256 g/mol. The first-order valence-electron chi connectivity index (χ1n) is 5.46. The van der Waals surface area contributed by atoms with Gasteiger partial charge >= 0.3 is 5.97 Å². The lowest BCUT2D eigenvalue weighted by atomic mass is 10.2. The van der Waals surface area contributed by atoms with Crippen molar-refractivity contribution in [2.45, 2.75) is 12.5 Å². The predicted octanol–water partition coefficient (Wildman–Crippen LogP) is 1.87. The highest BCUT2D eigenvalue weighted by Crippen LogP contribution is 2.24. The van der Waals surface area contributed by atoms with Gasteiger partial charge in [0.05, 0.1) is 17.7 Å². The van der Waals surface area contributed by atoms with Crippen LogP contribution in [-0.2, 0) is 4.74 Å². The van der Waals surface area contributed by atoms with E-state index in [4.69, 9.17) is 16.3 Å². The van der Waals surface area contributed by atoms with E-state index in [2.05, 4.69) is 10.1 Å². The molecule has 1 aromatic rings. The van der Waals surface area contributed by atoms with Crippen molar-refractivity contribution >= 4 is 17.6 Å². The van der Waals surface area contributed by atoms with Gasteiger partial charge in [-0.1, -0.05) is 11.6 Å². The van der Waals surface area contributed by atoms with Gasteiger partial charge < -0.3 is 14.8 Å². The summed E-state index contributed by atoms with van der Waals surface area (Å²) in [5.74, 6) is 0.188. The van der Waals surface area contributed by atoms with Gasteiger partial charge in [-0.15, -0.1) is 0 Å². The van der Waals surface area contributed by atoms with Gasteiger partial charge in [0.15, 0.2) is 0 Å². The van der Waals surface area contributed by atoms with Crippen LogP contribution in [0.3, 0.4) is 0 Å². The fourth-order valence-corrected chi connectivity index (χ4v) is 1.96. The highest BCUT2D eigenvalue weighted by Gasteiger charge is 2.17. The fraction of sp³-hybridized carbons (Fsp3) is 0.417. The number of halogens is 1. The van der Waals surface area contributed by atoms with Crippen LogP contribution in [0, 0.1) is 0 Å². The van der Waals surface area contributed by atoms with E-state index in [1.54, 1.807) is 18.2 Å². The molecule has 1 N–H and O–H groups in total. The van der Waals surface area contributed by atoms with Crippen LogP contribution in [-0.4, -0.2) is 32.3 Å². The molecule has 0 aliphatic carbocycles. The number of hydrogen-bond donors (Lipinski definition) is 1. The van der Waals surface area contributed by atoms with E-state index in [0.717, 1.165) is 19.5 Å². The predicted molar refractivity (Wildman–Crippen MR) is 64.7 cm³/mol. The molecule has 0 amide bonds. The Morgan fingerprint density at radius 1 is 1.53 bits per heavy atom. The summed E-state index contributed by atoms with van der Waals surface area (Å²) in [6, 6.07) is 5.02. The highest BCUT2D eigenvalue weighted by atomic mass is 35.5. The summed E-state index contributed by atoms with van der Waals surface area (Å²) < 4.78 is 10.4. The van der Waals surface area contributed by atoms with Crippen molar-refractivity contribution < 1.29 is 14.3 Å². The minimum absolute atomic E-state index is 0.154. The summed E-state index contributed by atoms with van der Waals surface area (Å²) in [7, 11) is 1.33. The van der Waals surface area contributed by atoms with Crippen LogP contribution < -0.4 is 10.1 Å². The van der Waals surface area contributed by atoms with Crippen LogP contribution in [0.1, 0.15) is 16.8 Å². The molecule has 17 heavy (non-hydrogen) atoms. The molecule has 1 saturated heterocycles. The van der Waals surface area contributed by atoms with Crippen LogP contribution in [0.25, 0.3) is 0 Å². The number of rotatable bonds is 3. The van der Waals surface area contributed by atoms with E-state index >= 15 is 0 Å². The van der Waals surface area contributed by atoms with Crippen LogP contribution in [0.2, 0.25) is 5.02 Å². The first-order valence-corrected chi connectivity index (χ1v) is 5.83. The molecule has 1 aliphatic rings. The summed E-state index contributed by atoms with van der Waals surface area (Å²) in [5, 5.41) is 3.58. The van der Waals surface area contributed by atoms with Crippen molar-refractivity contribution in [1.82, 2.24) is 5.32 Å². The standard InChI is InChI=1S/C12H14ClNO3/c1-16-12(15)10-6-8(2-3-11(10)13)17-9-4-5-14-7-9/h2-3,6,9,14H,4-5,7H2,1H3. The second kappa shape index (κ2) is 5.38. The van der Waals surface area contributed by atoms with Gasteiger partial charge in [-0.05, 0) is 31.2 Å². The second-order valence-corrected chi connectivity index (χ2v) is 4.27. The third kappa shape index (κ3) is 2.90. The maximum Gasteiger partial charge on any atom is 0.339 e. The lowest BCUT2D eigenvalue weighted by Crippen LogP contribution is -2.19. The Kier molecular flexibility index (Phi) is 3.86. The molecule has 1 unspecified atom stereocenters. The normalized spacial score (nSPS) is 19.1. The van der Waals surface area contributed by atoms with Crippen LogP contribution in [0.15, 0.2) is 18.2 Å². The Balaban J connectivity index is 2.15. The van der Waals surface area contributed by atoms with Gasteiger partial charge in [0.2, 0.25) is 0 Å². The van der Waals surface area contributed by atoms with E-state index < -0.39 is 5.97 Å². The van der Waals surface area contributed by atoms with E-state index in [1.165, 1.54) is 7.11 Å². The molecule has 0 radical (unpaired) electrons. The molecule has 2 rings (SSSR count). The van der Waals surface area contributed by atoms with Gasteiger partial charge in [-0.2, -0.15) is 0 Å². The van der Waals surface area contributed by atoms with Crippen molar-refractivity contribution in [3.63, 3.8) is 0 Å². The Morgan fingerprint density at radius 3 is 3.00 bits per heavy atom. The van der Waals surface area contributed by atoms with Gasteiger partial charge in [-0.3, -0.25) is 0 Å². The maximum absolute atomic E-state index is 11.4. The minimum Gasteiger partial charge on any atom is -0.489 e. The Morgan fingerprint density at radius 2 is 2.35 bits per heavy atom. The number of hydrogen-bond acceptors (Lipinski definition) is 4. The van der Waals surface area contributed by atoms with E-state index in [-0.39, 0.29) is 6.10 Å². The number of nitrogens with one attached hydrogen (secondary N) is 1. The third-order valence-electron chi connectivity index (χ3n) is 2.66. The zero-order valence-corrected chi connectivity index (χ0v) is 10.3. The second-order valence-electron chi connectivity index (χ2n) is 3.87. The number of methoxy groups -OCH3 is 1. The number of benzene rings is 1. The summed E-state index contributed by atoms with van der Waals surface area (Å²) in [6.07, 6.45) is 1.12. The van der Waals surface area contributed by atoms with Gasteiger partial charge in [-0.25, -0.2) is 4.79 Å². The van der Waals surface area contributed by atoms with Crippen LogP contribution >= 0.6 is 11.6 Å². The summed E-state index contributed by atoms with van der Waals surface area (Å²) in [4.78, 5) is 11.4. The third-order valence-corrected chi connectivity index (χ3v) is 2.99. The zero-order chi connectivity index (χ0) is 12.3. The lowest BCUT2D eigenvalue weighted by Gasteiger charge is -2.13. The van der Waals surface area contributed by atoms with Crippen molar-refractivity contribution in [2.24, 2.45) is 0 Å². The molecule has 0 spiro atoms. The molecular formula is C12H14ClNO3. The summed E-state index contributed by atoms with van der Waals surface area (Å²) in [6.45, 7) is 1.79. The molecule has 1 aliphatic heterocycles. The Hall–Kier alpha value is -1.26. The SMILES string of the molecule is COC(=O)c1cc(OC2CCNC2)ccc1Cl. The van der Waals surface area contributed by atoms with Crippen molar-refractivity contribution in [3.05, 3.63) is 28.8 Å². The molecule has 5 heteroatoms. The molecule has 1 heterocycles. The fourth-order valence-electron chi connectivity index (χ4n) is 1.77. The summed E-state index contributed by atoms with van der Waals surface area (Å²) >= 11 is 5.92. The first-order chi connectivity index (χ1) is 8.20.